The van der Waals surface area contributed by atoms with Crippen molar-refractivity contribution >= 4 is 17.6 Å². The second-order valence-corrected chi connectivity index (χ2v) is 5.85. The third kappa shape index (κ3) is 2.53. The molecule has 5 heteroatoms. The molecule has 2 fully saturated rings. The Kier molecular flexibility index (Phi) is 3.68. The summed E-state index contributed by atoms with van der Waals surface area (Å²) in [6.45, 7) is 1.82. The minimum atomic E-state index is -0.384. The maximum Gasteiger partial charge on any atom is 0.338 e. The van der Waals surface area contributed by atoms with Gasteiger partial charge in [-0.2, -0.15) is 0 Å². The van der Waals surface area contributed by atoms with Crippen LogP contribution in [0.5, 0.6) is 0 Å². The molecule has 2 saturated heterocycles. The van der Waals surface area contributed by atoms with E-state index in [4.69, 9.17) is 4.74 Å². The molecule has 5 nitrogen and oxygen atoms in total. The molecule has 2 bridgehead atoms. The Morgan fingerprint density at radius 1 is 1.33 bits per heavy atom. The maximum absolute atomic E-state index is 12.4. The lowest BCUT2D eigenvalue weighted by molar-refractivity contribution is -0.120. The molecule has 3 unspecified atom stereocenters. The summed E-state index contributed by atoms with van der Waals surface area (Å²) in [6.07, 6.45) is 3.15. The third-order valence-electron chi connectivity index (χ3n) is 4.63. The first-order valence-corrected chi connectivity index (χ1v) is 7.35. The van der Waals surface area contributed by atoms with E-state index in [9.17, 15) is 9.59 Å². The standard InChI is InChI=1S/C16H20N2O3/c1-9-11(16(20)21-2)4-3-5-13(9)18-15(19)12-8-10-6-7-14(12)17-10/h3-5,10,12,14,17H,6-8H2,1-2H3,(H,18,19). The number of hydrogen-bond donors (Lipinski definition) is 2. The first-order chi connectivity index (χ1) is 10.1. The number of benzene rings is 1. The zero-order valence-corrected chi connectivity index (χ0v) is 12.3. The molecule has 112 valence electrons. The van der Waals surface area contributed by atoms with Gasteiger partial charge in [-0.3, -0.25) is 4.79 Å². The van der Waals surface area contributed by atoms with E-state index in [2.05, 4.69) is 10.6 Å². The Morgan fingerprint density at radius 2 is 2.14 bits per heavy atom. The quantitative estimate of drug-likeness (QED) is 0.833. The summed E-state index contributed by atoms with van der Waals surface area (Å²) in [6, 6.07) is 6.08. The SMILES string of the molecule is COC(=O)c1cccc(NC(=O)C2CC3CCC2N3)c1C. The Labute approximate surface area is 124 Å². The molecule has 0 aliphatic carbocycles. The van der Waals surface area contributed by atoms with Crippen LogP contribution >= 0.6 is 0 Å². The highest BCUT2D eigenvalue weighted by molar-refractivity contribution is 5.97. The topological polar surface area (TPSA) is 67.4 Å². The van der Waals surface area contributed by atoms with Gasteiger partial charge in [-0.05, 0) is 43.9 Å². The first-order valence-electron chi connectivity index (χ1n) is 7.35. The summed E-state index contributed by atoms with van der Waals surface area (Å²) in [5, 5.41) is 6.43. The Bertz CT molecular complexity index is 585. The second kappa shape index (κ2) is 5.48. The van der Waals surface area contributed by atoms with Crippen LogP contribution in [0.2, 0.25) is 0 Å². The molecule has 0 aromatic heterocycles. The Balaban J connectivity index is 1.76. The number of carbonyl (C=O) groups is 2. The van der Waals surface area contributed by atoms with Gasteiger partial charge in [0.05, 0.1) is 18.6 Å². The van der Waals surface area contributed by atoms with Crippen LogP contribution in [-0.2, 0) is 9.53 Å². The van der Waals surface area contributed by atoms with Crippen LogP contribution in [-0.4, -0.2) is 31.1 Å². The second-order valence-electron chi connectivity index (χ2n) is 5.85. The van der Waals surface area contributed by atoms with Gasteiger partial charge >= 0.3 is 5.97 Å². The van der Waals surface area contributed by atoms with Crippen LogP contribution in [0.25, 0.3) is 0 Å². The largest absolute Gasteiger partial charge is 0.465 e. The summed E-state index contributed by atoms with van der Waals surface area (Å²) in [4.78, 5) is 24.1. The van der Waals surface area contributed by atoms with Crippen LogP contribution in [0, 0.1) is 12.8 Å². The van der Waals surface area contributed by atoms with Crippen molar-refractivity contribution < 1.29 is 14.3 Å². The normalized spacial score (nSPS) is 26.7. The first kappa shape index (κ1) is 14.1. The zero-order chi connectivity index (χ0) is 15.0. The number of amides is 1. The molecule has 2 aliphatic rings. The van der Waals surface area contributed by atoms with E-state index in [1.807, 2.05) is 13.0 Å². The van der Waals surface area contributed by atoms with Crippen molar-refractivity contribution in [3.8, 4) is 0 Å². The van der Waals surface area contributed by atoms with E-state index in [0.29, 0.717) is 23.3 Å². The Hall–Kier alpha value is -1.88. The number of fused-ring (bicyclic) bond motifs is 2. The number of anilines is 1. The summed E-state index contributed by atoms with van der Waals surface area (Å²) in [5.41, 5.74) is 1.92. The van der Waals surface area contributed by atoms with Gasteiger partial charge in [-0.15, -0.1) is 0 Å². The van der Waals surface area contributed by atoms with Crippen molar-refractivity contribution in [3.63, 3.8) is 0 Å². The summed E-state index contributed by atoms with van der Waals surface area (Å²) < 4.78 is 4.76. The average molecular weight is 288 g/mol. The predicted octanol–water partition coefficient (Wildman–Crippen LogP) is 1.86. The number of rotatable bonds is 3. The minimum Gasteiger partial charge on any atom is -0.465 e. The molecule has 0 radical (unpaired) electrons. The van der Waals surface area contributed by atoms with Gasteiger partial charge < -0.3 is 15.4 Å². The summed E-state index contributed by atoms with van der Waals surface area (Å²) in [7, 11) is 1.36. The predicted molar refractivity (Wildman–Crippen MR) is 79.2 cm³/mol. The van der Waals surface area contributed by atoms with E-state index in [1.54, 1.807) is 12.1 Å². The van der Waals surface area contributed by atoms with Crippen LogP contribution in [0.1, 0.15) is 35.2 Å². The molecular weight excluding hydrogens is 268 g/mol. The van der Waals surface area contributed by atoms with Crippen molar-refractivity contribution in [2.75, 3.05) is 12.4 Å². The van der Waals surface area contributed by atoms with Gasteiger partial charge in [0, 0.05) is 17.8 Å². The van der Waals surface area contributed by atoms with Gasteiger partial charge in [-0.1, -0.05) is 6.07 Å². The van der Waals surface area contributed by atoms with Gasteiger partial charge in [-0.25, -0.2) is 4.79 Å². The van der Waals surface area contributed by atoms with Gasteiger partial charge in [0.25, 0.3) is 0 Å². The molecule has 1 amide bonds. The lowest BCUT2D eigenvalue weighted by atomic mass is 9.88. The fourth-order valence-electron chi connectivity index (χ4n) is 3.44. The zero-order valence-electron chi connectivity index (χ0n) is 12.3. The molecule has 1 aromatic carbocycles. The molecule has 21 heavy (non-hydrogen) atoms. The molecule has 3 rings (SSSR count). The van der Waals surface area contributed by atoms with Crippen molar-refractivity contribution in [1.82, 2.24) is 5.32 Å². The number of methoxy groups -OCH3 is 1. The molecule has 2 N–H and O–H groups in total. The fourth-order valence-corrected chi connectivity index (χ4v) is 3.44. The minimum absolute atomic E-state index is 0.0323. The molecule has 2 aliphatic heterocycles. The number of hydrogen-bond acceptors (Lipinski definition) is 4. The van der Waals surface area contributed by atoms with Crippen LogP contribution in [0.4, 0.5) is 5.69 Å². The van der Waals surface area contributed by atoms with E-state index in [0.717, 1.165) is 18.4 Å². The van der Waals surface area contributed by atoms with Crippen LogP contribution < -0.4 is 10.6 Å². The van der Waals surface area contributed by atoms with Crippen molar-refractivity contribution in [1.29, 1.82) is 0 Å². The lowest BCUT2D eigenvalue weighted by Gasteiger charge is -2.20. The number of nitrogens with one attached hydrogen (secondary N) is 2. The summed E-state index contributed by atoms with van der Waals surface area (Å²) in [5.74, 6) is -0.310. The highest BCUT2D eigenvalue weighted by Gasteiger charge is 2.42. The molecule has 1 aromatic rings. The summed E-state index contributed by atoms with van der Waals surface area (Å²) >= 11 is 0. The fraction of sp³-hybridized carbons (Fsp3) is 0.500. The van der Waals surface area contributed by atoms with E-state index >= 15 is 0 Å². The number of esters is 1. The van der Waals surface area contributed by atoms with Crippen molar-refractivity contribution in [3.05, 3.63) is 29.3 Å². The van der Waals surface area contributed by atoms with Gasteiger partial charge in [0.2, 0.25) is 5.91 Å². The van der Waals surface area contributed by atoms with Crippen LogP contribution in [0.15, 0.2) is 18.2 Å². The lowest BCUT2D eigenvalue weighted by Crippen LogP contribution is -2.33. The highest BCUT2D eigenvalue weighted by atomic mass is 16.5. The van der Waals surface area contributed by atoms with Crippen LogP contribution in [0.3, 0.4) is 0 Å². The van der Waals surface area contributed by atoms with E-state index in [-0.39, 0.29) is 17.8 Å². The monoisotopic (exact) mass is 288 g/mol. The molecule has 0 spiro atoms. The molecule has 2 heterocycles. The van der Waals surface area contributed by atoms with Crippen molar-refractivity contribution in [2.24, 2.45) is 5.92 Å². The number of carbonyl (C=O) groups excluding carboxylic acids is 2. The van der Waals surface area contributed by atoms with E-state index in [1.165, 1.54) is 13.5 Å². The Morgan fingerprint density at radius 3 is 2.76 bits per heavy atom. The average Bonchev–Trinajstić information content (AvgIpc) is 3.11. The smallest absolute Gasteiger partial charge is 0.338 e. The maximum atomic E-state index is 12.4. The van der Waals surface area contributed by atoms with Gasteiger partial charge in [0.15, 0.2) is 0 Å². The van der Waals surface area contributed by atoms with Crippen molar-refractivity contribution in [2.45, 2.75) is 38.3 Å². The van der Waals surface area contributed by atoms with E-state index < -0.39 is 0 Å². The highest BCUT2D eigenvalue weighted by Crippen LogP contribution is 2.34. The molecular formula is C16H20N2O3. The van der Waals surface area contributed by atoms with Gasteiger partial charge in [0.1, 0.15) is 0 Å². The molecule has 0 saturated carbocycles. The third-order valence-corrected chi connectivity index (χ3v) is 4.63. The number of ether oxygens (including phenoxy) is 1. The molecule has 3 atom stereocenters.